The first-order chi connectivity index (χ1) is 16.2. The van der Waals surface area contributed by atoms with Gasteiger partial charge in [0.2, 0.25) is 11.8 Å². The second kappa shape index (κ2) is 9.16. The monoisotopic (exact) mass is 472 g/mol. The number of aromatic nitrogens is 1. The Balaban J connectivity index is 1.44. The lowest BCUT2D eigenvalue weighted by molar-refractivity contribution is -0.148. The third-order valence-electron chi connectivity index (χ3n) is 5.69. The molecular formula is C23H22F2N4O5. The van der Waals surface area contributed by atoms with Crippen molar-refractivity contribution in [3.05, 3.63) is 58.9 Å². The van der Waals surface area contributed by atoms with Gasteiger partial charge in [-0.05, 0) is 42.7 Å². The summed E-state index contributed by atoms with van der Waals surface area (Å²) in [6.07, 6.45) is 1.54. The summed E-state index contributed by atoms with van der Waals surface area (Å²) in [6.45, 7) is 1.71. The number of fused-ring (bicyclic) bond motifs is 1. The van der Waals surface area contributed by atoms with Crippen molar-refractivity contribution in [2.45, 2.75) is 44.8 Å². The molecule has 2 N–H and O–H groups in total. The van der Waals surface area contributed by atoms with Crippen molar-refractivity contribution in [2.24, 2.45) is 0 Å². The lowest BCUT2D eigenvalue weighted by Gasteiger charge is -2.29. The van der Waals surface area contributed by atoms with E-state index < -0.39 is 29.5 Å². The summed E-state index contributed by atoms with van der Waals surface area (Å²) in [5, 5.41) is 4.44. The van der Waals surface area contributed by atoms with E-state index in [4.69, 9.17) is 4.74 Å². The topological polar surface area (TPSA) is 118 Å². The predicted molar refractivity (Wildman–Crippen MR) is 114 cm³/mol. The number of imide groups is 1. The van der Waals surface area contributed by atoms with Crippen molar-refractivity contribution in [2.75, 3.05) is 6.61 Å². The Hall–Kier alpha value is -3.89. The zero-order valence-electron chi connectivity index (χ0n) is 18.3. The van der Waals surface area contributed by atoms with E-state index >= 15 is 0 Å². The van der Waals surface area contributed by atoms with Gasteiger partial charge in [0.05, 0.1) is 6.61 Å². The zero-order chi connectivity index (χ0) is 24.5. The van der Waals surface area contributed by atoms with Gasteiger partial charge in [0.1, 0.15) is 11.8 Å². The number of nitrogens with zero attached hydrogens (tertiary/aromatic N) is 2. The van der Waals surface area contributed by atoms with Crippen LogP contribution < -0.4 is 15.4 Å². The fourth-order valence-electron chi connectivity index (χ4n) is 4.04. The van der Waals surface area contributed by atoms with Gasteiger partial charge in [-0.15, -0.1) is 0 Å². The normalized spacial score (nSPS) is 17.9. The number of hydrogen-bond donors (Lipinski definition) is 2. The van der Waals surface area contributed by atoms with Gasteiger partial charge >= 0.3 is 5.92 Å². The van der Waals surface area contributed by atoms with Crippen LogP contribution in [0.15, 0.2) is 36.5 Å². The number of rotatable bonds is 7. The maximum Gasteiger partial charge on any atom is 0.369 e. The smallest absolute Gasteiger partial charge is 0.369 e. The Morgan fingerprint density at radius 3 is 2.82 bits per heavy atom. The van der Waals surface area contributed by atoms with Gasteiger partial charge in [0, 0.05) is 31.3 Å². The number of hydrogen-bond acceptors (Lipinski definition) is 6. The molecular weight excluding hydrogens is 450 g/mol. The van der Waals surface area contributed by atoms with Crippen LogP contribution in [0.3, 0.4) is 0 Å². The second-order valence-electron chi connectivity index (χ2n) is 7.93. The van der Waals surface area contributed by atoms with Crippen LogP contribution in [-0.2, 0) is 33.4 Å². The molecule has 1 fully saturated rings. The first-order valence-corrected chi connectivity index (χ1v) is 10.7. The largest absolute Gasteiger partial charge is 0.492 e. The summed E-state index contributed by atoms with van der Waals surface area (Å²) in [6, 6.07) is 6.72. The number of halogens is 2. The highest BCUT2D eigenvalue weighted by molar-refractivity contribution is 6.05. The predicted octanol–water partition coefficient (Wildman–Crippen LogP) is 1.65. The highest BCUT2D eigenvalue weighted by Crippen LogP contribution is 2.34. The fourth-order valence-corrected chi connectivity index (χ4v) is 4.04. The minimum Gasteiger partial charge on any atom is -0.492 e. The van der Waals surface area contributed by atoms with E-state index in [1.165, 1.54) is 23.1 Å². The van der Waals surface area contributed by atoms with Crippen LogP contribution in [-0.4, -0.2) is 46.2 Å². The number of alkyl halides is 2. The van der Waals surface area contributed by atoms with Gasteiger partial charge < -0.3 is 15.0 Å². The van der Waals surface area contributed by atoms with E-state index in [-0.39, 0.29) is 50.1 Å². The first-order valence-electron chi connectivity index (χ1n) is 10.7. The van der Waals surface area contributed by atoms with E-state index in [1.807, 2.05) is 0 Å². The molecule has 1 aromatic carbocycles. The van der Waals surface area contributed by atoms with Gasteiger partial charge in [-0.3, -0.25) is 29.5 Å². The molecule has 1 unspecified atom stereocenters. The number of piperidine rings is 1. The Kier molecular flexibility index (Phi) is 6.27. The van der Waals surface area contributed by atoms with E-state index in [2.05, 4.69) is 15.6 Å². The molecule has 178 valence electrons. The summed E-state index contributed by atoms with van der Waals surface area (Å²) < 4.78 is 34.7. The van der Waals surface area contributed by atoms with Gasteiger partial charge in [-0.2, -0.15) is 8.78 Å². The van der Waals surface area contributed by atoms with Crippen LogP contribution in [0.5, 0.6) is 5.75 Å². The Labute approximate surface area is 193 Å². The van der Waals surface area contributed by atoms with Gasteiger partial charge in [0.15, 0.2) is 5.69 Å². The molecule has 9 nitrogen and oxygen atoms in total. The van der Waals surface area contributed by atoms with E-state index in [0.717, 1.165) is 6.20 Å². The highest BCUT2D eigenvalue weighted by atomic mass is 19.3. The average molecular weight is 472 g/mol. The molecule has 11 heteroatoms. The maximum absolute atomic E-state index is 14.8. The lowest BCUT2D eigenvalue weighted by atomic mass is 10.0. The molecule has 4 rings (SSSR count). The van der Waals surface area contributed by atoms with Gasteiger partial charge in [0.25, 0.3) is 11.8 Å². The SMILES string of the molecule is CCOc1cccnc1C(F)(F)C(=O)NCc1ccc2c(c1)CN(C1CCC(=O)NC1=O)C2=O. The Morgan fingerprint density at radius 2 is 2.09 bits per heavy atom. The summed E-state index contributed by atoms with van der Waals surface area (Å²) in [7, 11) is 0. The van der Waals surface area contributed by atoms with E-state index in [0.29, 0.717) is 16.7 Å². The molecule has 34 heavy (non-hydrogen) atoms. The van der Waals surface area contributed by atoms with Crippen LogP contribution in [0.25, 0.3) is 0 Å². The number of amides is 4. The molecule has 1 atom stereocenters. The molecule has 0 saturated carbocycles. The van der Waals surface area contributed by atoms with Crippen molar-refractivity contribution in [1.82, 2.24) is 20.5 Å². The summed E-state index contributed by atoms with van der Waals surface area (Å²) in [4.78, 5) is 53.6. The van der Waals surface area contributed by atoms with Crippen molar-refractivity contribution < 1.29 is 32.7 Å². The summed E-state index contributed by atoms with van der Waals surface area (Å²) in [5.74, 6) is -6.86. The van der Waals surface area contributed by atoms with Crippen LogP contribution >= 0.6 is 0 Å². The summed E-state index contributed by atoms with van der Waals surface area (Å²) >= 11 is 0. The van der Waals surface area contributed by atoms with Crippen molar-refractivity contribution >= 4 is 23.6 Å². The van der Waals surface area contributed by atoms with Crippen LogP contribution in [0, 0.1) is 0 Å². The number of pyridine rings is 1. The quantitative estimate of drug-likeness (QED) is 0.592. The number of nitrogens with one attached hydrogen (secondary N) is 2. The molecule has 2 aromatic rings. The molecule has 3 heterocycles. The Morgan fingerprint density at radius 1 is 1.29 bits per heavy atom. The zero-order valence-corrected chi connectivity index (χ0v) is 18.3. The van der Waals surface area contributed by atoms with E-state index in [9.17, 15) is 28.0 Å². The van der Waals surface area contributed by atoms with Crippen molar-refractivity contribution in [3.63, 3.8) is 0 Å². The van der Waals surface area contributed by atoms with E-state index in [1.54, 1.807) is 19.1 Å². The number of ether oxygens (including phenoxy) is 1. The first kappa shape index (κ1) is 23.3. The minimum atomic E-state index is -3.92. The third kappa shape index (κ3) is 4.33. The van der Waals surface area contributed by atoms with Crippen molar-refractivity contribution in [1.29, 1.82) is 0 Å². The third-order valence-corrected chi connectivity index (χ3v) is 5.69. The molecule has 0 radical (unpaired) electrons. The van der Waals surface area contributed by atoms with Crippen LogP contribution in [0.1, 0.15) is 46.9 Å². The molecule has 0 bridgehead atoms. The molecule has 1 aromatic heterocycles. The standard InChI is InChI=1S/C23H22F2N4O5/c1-2-34-17-4-3-9-26-19(17)23(24,25)22(33)27-11-13-5-6-15-14(10-13)12-29(21(15)32)16-7-8-18(30)28-20(16)31/h3-6,9-10,16H,2,7-8,11-12H2,1H3,(H,27,33)(H,28,30,31). The van der Waals surface area contributed by atoms with Crippen LogP contribution in [0.4, 0.5) is 8.78 Å². The number of benzene rings is 1. The molecule has 0 spiro atoms. The van der Waals surface area contributed by atoms with Gasteiger partial charge in [-0.25, -0.2) is 0 Å². The molecule has 0 aliphatic carbocycles. The summed E-state index contributed by atoms with van der Waals surface area (Å²) in [5.41, 5.74) is 0.733. The molecule has 2 aliphatic heterocycles. The van der Waals surface area contributed by atoms with Gasteiger partial charge in [-0.1, -0.05) is 12.1 Å². The number of carbonyl (C=O) groups excluding carboxylic acids is 4. The van der Waals surface area contributed by atoms with Crippen molar-refractivity contribution in [3.8, 4) is 5.75 Å². The maximum atomic E-state index is 14.8. The Bertz CT molecular complexity index is 1170. The average Bonchev–Trinajstić information content (AvgIpc) is 3.13. The minimum absolute atomic E-state index is 0.139. The second-order valence-corrected chi connectivity index (χ2v) is 7.93. The molecule has 4 amide bonds. The van der Waals surface area contributed by atoms with Crippen LogP contribution in [0.2, 0.25) is 0 Å². The highest BCUT2D eigenvalue weighted by Gasteiger charge is 2.45. The number of carbonyl (C=O) groups is 4. The lowest BCUT2D eigenvalue weighted by Crippen LogP contribution is -2.52. The molecule has 2 aliphatic rings. The molecule has 1 saturated heterocycles. The fraction of sp³-hybridized carbons (Fsp3) is 0.348.